The standard InChI is InChI=1S/C13H16O5/c1-4-6-11(12(5-2)18-9(3)14)13(15)17-8-10-7-16-10/h4-5,10H,1-2,6-8H2,3H3/b12-11+. The summed E-state index contributed by atoms with van der Waals surface area (Å²) >= 11 is 0. The van der Waals surface area contributed by atoms with Crippen molar-refractivity contribution in [3.8, 4) is 0 Å². The lowest BCUT2D eigenvalue weighted by atomic mass is 10.1. The molecular formula is C13H16O5. The van der Waals surface area contributed by atoms with Gasteiger partial charge >= 0.3 is 11.9 Å². The van der Waals surface area contributed by atoms with Crippen molar-refractivity contribution in [2.75, 3.05) is 13.2 Å². The van der Waals surface area contributed by atoms with E-state index in [0.29, 0.717) is 6.61 Å². The Morgan fingerprint density at radius 3 is 2.56 bits per heavy atom. The first-order chi connectivity index (χ1) is 8.58. The average molecular weight is 252 g/mol. The Hall–Kier alpha value is -1.88. The molecule has 1 rings (SSSR count). The van der Waals surface area contributed by atoms with E-state index in [1.54, 1.807) is 0 Å². The predicted molar refractivity (Wildman–Crippen MR) is 64.5 cm³/mol. The first-order valence-electron chi connectivity index (χ1n) is 5.52. The lowest BCUT2D eigenvalue weighted by Crippen LogP contribution is -2.15. The largest absolute Gasteiger partial charge is 0.459 e. The fourth-order valence-corrected chi connectivity index (χ4v) is 1.23. The highest BCUT2D eigenvalue weighted by Gasteiger charge is 2.26. The van der Waals surface area contributed by atoms with Crippen LogP contribution in [0.25, 0.3) is 0 Å². The van der Waals surface area contributed by atoms with Crippen molar-refractivity contribution in [1.29, 1.82) is 0 Å². The van der Waals surface area contributed by atoms with Gasteiger partial charge in [0.2, 0.25) is 0 Å². The third-order valence-electron chi connectivity index (χ3n) is 2.13. The molecule has 1 fully saturated rings. The lowest BCUT2D eigenvalue weighted by Gasteiger charge is -2.10. The molecule has 5 nitrogen and oxygen atoms in total. The molecule has 1 aliphatic heterocycles. The van der Waals surface area contributed by atoms with Crippen LogP contribution in [0.1, 0.15) is 13.3 Å². The molecule has 0 saturated carbocycles. The Morgan fingerprint density at radius 2 is 2.11 bits per heavy atom. The van der Waals surface area contributed by atoms with Crippen LogP contribution in [0.5, 0.6) is 0 Å². The number of epoxide rings is 1. The summed E-state index contributed by atoms with van der Waals surface area (Å²) in [5.41, 5.74) is 0.218. The fourth-order valence-electron chi connectivity index (χ4n) is 1.23. The minimum atomic E-state index is -0.554. The summed E-state index contributed by atoms with van der Waals surface area (Å²) in [7, 11) is 0. The molecule has 1 atom stereocenters. The number of allylic oxidation sites excluding steroid dienone is 2. The summed E-state index contributed by atoms with van der Waals surface area (Å²) in [4.78, 5) is 22.7. The third kappa shape index (κ3) is 4.55. The number of hydrogen-bond donors (Lipinski definition) is 0. The van der Waals surface area contributed by atoms with Crippen LogP contribution in [-0.4, -0.2) is 31.3 Å². The summed E-state index contributed by atoms with van der Waals surface area (Å²) < 4.78 is 14.9. The van der Waals surface area contributed by atoms with E-state index in [9.17, 15) is 9.59 Å². The molecule has 0 aliphatic carbocycles. The first kappa shape index (κ1) is 14.2. The number of ether oxygens (including phenoxy) is 3. The van der Waals surface area contributed by atoms with Gasteiger partial charge in [0.05, 0.1) is 12.2 Å². The van der Waals surface area contributed by atoms with Crippen molar-refractivity contribution in [3.63, 3.8) is 0 Å². The molecule has 1 saturated heterocycles. The second-order valence-corrected chi connectivity index (χ2v) is 3.69. The van der Waals surface area contributed by atoms with Crippen molar-refractivity contribution >= 4 is 11.9 Å². The summed E-state index contributed by atoms with van der Waals surface area (Å²) in [6.45, 7) is 9.10. The van der Waals surface area contributed by atoms with E-state index in [2.05, 4.69) is 13.2 Å². The molecule has 5 heteroatoms. The highest BCUT2D eigenvalue weighted by atomic mass is 16.6. The third-order valence-corrected chi connectivity index (χ3v) is 2.13. The zero-order valence-corrected chi connectivity index (χ0v) is 10.3. The van der Waals surface area contributed by atoms with Gasteiger partial charge < -0.3 is 14.2 Å². The van der Waals surface area contributed by atoms with Gasteiger partial charge in [-0.15, -0.1) is 6.58 Å². The van der Waals surface area contributed by atoms with Crippen LogP contribution in [0.15, 0.2) is 36.6 Å². The molecule has 0 aromatic heterocycles. The molecule has 98 valence electrons. The molecule has 0 radical (unpaired) electrons. The topological polar surface area (TPSA) is 65.1 Å². The summed E-state index contributed by atoms with van der Waals surface area (Å²) in [5, 5.41) is 0. The molecule has 1 heterocycles. The number of hydrogen-bond acceptors (Lipinski definition) is 5. The maximum absolute atomic E-state index is 11.8. The highest BCUT2D eigenvalue weighted by molar-refractivity contribution is 5.90. The number of carbonyl (C=O) groups excluding carboxylic acids is 2. The van der Waals surface area contributed by atoms with E-state index in [1.165, 1.54) is 19.1 Å². The zero-order valence-electron chi connectivity index (χ0n) is 10.3. The SMILES string of the molecule is C=CC/C(C(=O)OCC1CO1)=C(/C=C)OC(C)=O. The number of esters is 2. The quantitative estimate of drug-likeness (QED) is 0.172. The van der Waals surface area contributed by atoms with Gasteiger partial charge in [-0.25, -0.2) is 4.79 Å². The normalized spacial score (nSPS) is 18.4. The highest BCUT2D eigenvalue weighted by Crippen LogP contribution is 2.16. The van der Waals surface area contributed by atoms with Gasteiger partial charge in [0.25, 0.3) is 0 Å². The molecular weight excluding hydrogens is 236 g/mol. The molecule has 0 bridgehead atoms. The monoisotopic (exact) mass is 252 g/mol. The van der Waals surface area contributed by atoms with Gasteiger partial charge in [0, 0.05) is 13.3 Å². The molecule has 0 N–H and O–H groups in total. The van der Waals surface area contributed by atoms with Gasteiger partial charge in [0.1, 0.15) is 18.5 Å². The van der Waals surface area contributed by atoms with Crippen LogP contribution >= 0.6 is 0 Å². The van der Waals surface area contributed by atoms with Crippen LogP contribution in [0.3, 0.4) is 0 Å². The Bertz CT molecular complexity index is 390. The Labute approximate surface area is 106 Å². The van der Waals surface area contributed by atoms with Crippen molar-refractivity contribution in [2.45, 2.75) is 19.4 Å². The smallest absolute Gasteiger partial charge is 0.338 e. The number of rotatable bonds is 7. The first-order valence-corrected chi connectivity index (χ1v) is 5.52. The van der Waals surface area contributed by atoms with Crippen molar-refractivity contribution < 1.29 is 23.8 Å². The fraction of sp³-hybridized carbons (Fsp3) is 0.385. The molecule has 0 spiro atoms. The van der Waals surface area contributed by atoms with E-state index >= 15 is 0 Å². The van der Waals surface area contributed by atoms with Crippen LogP contribution in [0.4, 0.5) is 0 Å². The van der Waals surface area contributed by atoms with E-state index in [1.807, 2.05) is 0 Å². The van der Waals surface area contributed by atoms with Crippen molar-refractivity contribution in [1.82, 2.24) is 0 Å². The second kappa shape index (κ2) is 6.76. The molecule has 0 aromatic carbocycles. The Morgan fingerprint density at radius 1 is 1.44 bits per heavy atom. The van der Waals surface area contributed by atoms with Gasteiger partial charge in [-0.1, -0.05) is 12.7 Å². The summed E-state index contributed by atoms with van der Waals surface area (Å²) in [6, 6.07) is 0. The minimum absolute atomic E-state index is 0.0140. The zero-order chi connectivity index (χ0) is 13.5. The summed E-state index contributed by atoms with van der Waals surface area (Å²) in [6.07, 6.45) is 3.05. The van der Waals surface area contributed by atoms with Crippen molar-refractivity contribution in [2.24, 2.45) is 0 Å². The molecule has 1 unspecified atom stereocenters. The van der Waals surface area contributed by atoms with Gasteiger partial charge in [-0.05, 0) is 6.08 Å². The van der Waals surface area contributed by atoms with Crippen LogP contribution in [-0.2, 0) is 23.8 Å². The molecule has 0 amide bonds. The second-order valence-electron chi connectivity index (χ2n) is 3.69. The van der Waals surface area contributed by atoms with E-state index in [-0.39, 0.29) is 30.5 Å². The maximum atomic E-state index is 11.8. The maximum Gasteiger partial charge on any atom is 0.338 e. The van der Waals surface area contributed by atoms with E-state index in [0.717, 1.165) is 0 Å². The minimum Gasteiger partial charge on any atom is -0.459 e. The van der Waals surface area contributed by atoms with Crippen LogP contribution in [0, 0.1) is 0 Å². The van der Waals surface area contributed by atoms with Gasteiger partial charge in [0.15, 0.2) is 0 Å². The molecule has 18 heavy (non-hydrogen) atoms. The van der Waals surface area contributed by atoms with Crippen LogP contribution in [0.2, 0.25) is 0 Å². The van der Waals surface area contributed by atoms with Gasteiger partial charge in [-0.2, -0.15) is 0 Å². The van der Waals surface area contributed by atoms with Gasteiger partial charge in [-0.3, -0.25) is 4.79 Å². The lowest BCUT2D eigenvalue weighted by molar-refractivity contribution is -0.140. The summed E-state index contributed by atoms with van der Waals surface area (Å²) in [5.74, 6) is -0.976. The molecule has 0 aromatic rings. The van der Waals surface area contributed by atoms with E-state index < -0.39 is 11.9 Å². The Balaban J connectivity index is 2.77. The average Bonchev–Trinajstić information content (AvgIpc) is 3.14. The predicted octanol–water partition coefficient (Wildman–Crippen LogP) is 1.51. The molecule has 1 aliphatic rings. The van der Waals surface area contributed by atoms with Crippen LogP contribution < -0.4 is 0 Å². The number of carbonyl (C=O) groups is 2. The Kier molecular flexibility index (Phi) is 5.32. The van der Waals surface area contributed by atoms with E-state index in [4.69, 9.17) is 14.2 Å². The van der Waals surface area contributed by atoms with Crippen molar-refractivity contribution in [3.05, 3.63) is 36.6 Å².